The Kier molecular flexibility index (Phi) is 5.68. The van der Waals surface area contributed by atoms with Crippen LogP contribution in [0.15, 0.2) is 54.0 Å². The van der Waals surface area contributed by atoms with Crippen molar-refractivity contribution in [2.75, 3.05) is 24.9 Å². The summed E-state index contributed by atoms with van der Waals surface area (Å²) in [5.74, 6) is 0.177. The number of anilines is 2. The minimum atomic E-state index is -0.371. The van der Waals surface area contributed by atoms with Crippen LogP contribution in [0, 0.1) is 0 Å². The van der Waals surface area contributed by atoms with E-state index in [0.717, 1.165) is 0 Å². The van der Waals surface area contributed by atoms with E-state index in [1.165, 1.54) is 25.6 Å². The number of nitrogens with zero attached hydrogens (tertiary/aromatic N) is 1. The van der Waals surface area contributed by atoms with Crippen LogP contribution in [0.25, 0.3) is 0 Å². The number of aromatic nitrogens is 1. The largest absolute Gasteiger partial charge is 0.496 e. The molecular weight excluding hydrogens is 366 g/mol. The Morgan fingerprint density at radius 3 is 2.15 bits per heavy atom. The van der Waals surface area contributed by atoms with E-state index in [1.54, 1.807) is 54.0 Å². The van der Waals surface area contributed by atoms with Gasteiger partial charge in [0.25, 0.3) is 11.8 Å². The Labute approximate surface area is 160 Å². The Hall–Kier alpha value is -3.39. The predicted octanol–water partition coefficient (Wildman–Crippen LogP) is 3.66. The summed E-state index contributed by atoms with van der Waals surface area (Å²) in [5.41, 5.74) is 1.30. The van der Waals surface area contributed by atoms with E-state index in [9.17, 15) is 9.59 Å². The average Bonchev–Trinajstić information content (AvgIpc) is 3.20. The molecule has 0 atom stereocenters. The number of nitrogens with one attached hydrogen (secondary N) is 2. The number of hydrogen-bond donors (Lipinski definition) is 2. The van der Waals surface area contributed by atoms with E-state index < -0.39 is 0 Å². The van der Waals surface area contributed by atoms with Crippen LogP contribution in [0.1, 0.15) is 20.7 Å². The van der Waals surface area contributed by atoms with Gasteiger partial charge in [-0.15, -0.1) is 11.3 Å². The van der Waals surface area contributed by atoms with E-state index in [1.807, 2.05) is 0 Å². The smallest absolute Gasteiger partial charge is 0.263 e. The maximum Gasteiger partial charge on any atom is 0.263 e. The third-order valence-electron chi connectivity index (χ3n) is 3.71. The Bertz CT molecular complexity index is 918. The van der Waals surface area contributed by atoms with Crippen LogP contribution in [0.5, 0.6) is 11.5 Å². The van der Waals surface area contributed by atoms with Crippen molar-refractivity contribution < 1.29 is 19.1 Å². The number of amides is 2. The zero-order chi connectivity index (χ0) is 19.2. The molecule has 3 rings (SSSR count). The van der Waals surface area contributed by atoms with Crippen LogP contribution < -0.4 is 20.1 Å². The highest BCUT2D eigenvalue weighted by Crippen LogP contribution is 2.29. The first-order chi connectivity index (χ1) is 13.1. The molecule has 2 amide bonds. The van der Waals surface area contributed by atoms with Crippen molar-refractivity contribution in [3.8, 4) is 11.5 Å². The van der Waals surface area contributed by atoms with E-state index >= 15 is 0 Å². The lowest BCUT2D eigenvalue weighted by Crippen LogP contribution is -2.15. The lowest BCUT2D eigenvalue weighted by Gasteiger charge is -2.13. The first-order valence-electron chi connectivity index (χ1n) is 7.95. The van der Waals surface area contributed by atoms with Gasteiger partial charge in [0.1, 0.15) is 17.1 Å². The van der Waals surface area contributed by atoms with Gasteiger partial charge in [-0.05, 0) is 36.4 Å². The Morgan fingerprint density at radius 2 is 1.59 bits per heavy atom. The zero-order valence-corrected chi connectivity index (χ0v) is 15.5. The molecule has 2 aromatic carbocycles. The highest BCUT2D eigenvalue weighted by atomic mass is 32.1. The van der Waals surface area contributed by atoms with Gasteiger partial charge in [-0.1, -0.05) is 6.07 Å². The van der Waals surface area contributed by atoms with Gasteiger partial charge in [-0.3, -0.25) is 14.9 Å². The second-order valence-corrected chi connectivity index (χ2v) is 6.25. The van der Waals surface area contributed by atoms with Crippen molar-refractivity contribution in [3.05, 3.63) is 65.2 Å². The fraction of sp³-hybridized carbons (Fsp3) is 0.105. The Morgan fingerprint density at radius 1 is 0.926 bits per heavy atom. The molecule has 138 valence electrons. The SMILES string of the molecule is COc1cccc(OC)c1C(=O)Nc1ccc(C(=O)Nc2nccs2)cc1. The molecule has 2 N–H and O–H groups in total. The van der Waals surface area contributed by atoms with Gasteiger partial charge in [0, 0.05) is 22.8 Å². The van der Waals surface area contributed by atoms with Crippen LogP contribution in [0.4, 0.5) is 10.8 Å². The molecule has 7 nitrogen and oxygen atoms in total. The lowest BCUT2D eigenvalue weighted by molar-refractivity contribution is 0.101. The third kappa shape index (κ3) is 4.24. The summed E-state index contributed by atoms with van der Waals surface area (Å²) in [5, 5.41) is 7.79. The first-order valence-corrected chi connectivity index (χ1v) is 8.83. The van der Waals surface area contributed by atoms with E-state index in [0.29, 0.717) is 33.4 Å². The molecule has 0 spiro atoms. The number of rotatable bonds is 6. The van der Waals surface area contributed by atoms with Crippen LogP contribution in [0.2, 0.25) is 0 Å². The normalized spacial score (nSPS) is 10.1. The molecule has 0 saturated heterocycles. The van der Waals surface area contributed by atoms with Gasteiger partial charge >= 0.3 is 0 Å². The van der Waals surface area contributed by atoms with Crippen molar-refractivity contribution >= 4 is 34.0 Å². The van der Waals surface area contributed by atoms with Crippen molar-refractivity contribution in [1.82, 2.24) is 4.98 Å². The van der Waals surface area contributed by atoms with Gasteiger partial charge in [0.05, 0.1) is 14.2 Å². The molecule has 0 unspecified atom stereocenters. The van der Waals surface area contributed by atoms with Crippen molar-refractivity contribution in [2.45, 2.75) is 0 Å². The summed E-state index contributed by atoms with van der Waals surface area (Å²) >= 11 is 1.34. The summed E-state index contributed by atoms with van der Waals surface area (Å²) in [6.07, 6.45) is 1.62. The second-order valence-electron chi connectivity index (χ2n) is 5.36. The highest BCUT2D eigenvalue weighted by molar-refractivity contribution is 7.13. The molecule has 0 aliphatic rings. The maximum atomic E-state index is 12.6. The second kappa shape index (κ2) is 8.33. The number of carbonyl (C=O) groups is 2. The number of methoxy groups -OCH3 is 2. The van der Waals surface area contributed by atoms with Crippen molar-refractivity contribution in [1.29, 1.82) is 0 Å². The molecule has 1 aromatic heterocycles. The molecule has 3 aromatic rings. The number of carbonyl (C=O) groups excluding carboxylic acids is 2. The molecule has 0 aliphatic heterocycles. The first kappa shape index (κ1) is 18.4. The number of ether oxygens (including phenoxy) is 2. The third-order valence-corrected chi connectivity index (χ3v) is 4.40. The summed E-state index contributed by atoms with van der Waals surface area (Å²) in [4.78, 5) is 28.8. The Balaban J connectivity index is 1.73. The fourth-order valence-corrected chi connectivity index (χ4v) is 2.95. The van der Waals surface area contributed by atoms with E-state index in [-0.39, 0.29) is 11.8 Å². The molecule has 0 radical (unpaired) electrons. The molecule has 0 bridgehead atoms. The molecular formula is C19H17N3O4S. The summed E-state index contributed by atoms with van der Waals surface area (Å²) in [6, 6.07) is 11.7. The maximum absolute atomic E-state index is 12.6. The molecule has 1 heterocycles. The highest BCUT2D eigenvalue weighted by Gasteiger charge is 2.18. The number of thiazole rings is 1. The molecule has 0 fully saturated rings. The monoisotopic (exact) mass is 383 g/mol. The van der Waals surface area contributed by atoms with Gasteiger partial charge in [0.2, 0.25) is 0 Å². The zero-order valence-electron chi connectivity index (χ0n) is 14.7. The van der Waals surface area contributed by atoms with E-state index in [2.05, 4.69) is 15.6 Å². The fourth-order valence-electron chi connectivity index (χ4n) is 2.43. The van der Waals surface area contributed by atoms with Crippen molar-refractivity contribution in [3.63, 3.8) is 0 Å². The number of benzene rings is 2. The molecule has 8 heteroatoms. The van der Waals surface area contributed by atoms with Crippen LogP contribution in [0.3, 0.4) is 0 Å². The average molecular weight is 383 g/mol. The van der Waals surface area contributed by atoms with Gasteiger partial charge < -0.3 is 14.8 Å². The number of hydrogen-bond acceptors (Lipinski definition) is 6. The van der Waals surface area contributed by atoms with Gasteiger partial charge in [-0.25, -0.2) is 4.98 Å². The van der Waals surface area contributed by atoms with Crippen molar-refractivity contribution in [2.24, 2.45) is 0 Å². The topological polar surface area (TPSA) is 89.5 Å². The summed E-state index contributed by atoms with van der Waals surface area (Å²) < 4.78 is 10.5. The van der Waals surface area contributed by atoms with Gasteiger partial charge in [0.15, 0.2) is 5.13 Å². The molecule has 0 saturated carbocycles. The minimum absolute atomic E-state index is 0.269. The molecule has 27 heavy (non-hydrogen) atoms. The van der Waals surface area contributed by atoms with Gasteiger partial charge in [-0.2, -0.15) is 0 Å². The molecule has 0 aliphatic carbocycles. The van der Waals surface area contributed by atoms with Crippen LogP contribution in [-0.4, -0.2) is 31.0 Å². The van der Waals surface area contributed by atoms with E-state index in [4.69, 9.17) is 9.47 Å². The van der Waals surface area contributed by atoms with Crippen LogP contribution in [-0.2, 0) is 0 Å². The minimum Gasteiger partial charge on any atom is -0.496 e. The summed E-state index contributed by atoms with van der Waals surface area (Å²) in [7, 11) is 2.98. The quantitative estimate of drug-likeness (QED) is 0.678. The summed E-state index contributed by atoms with van der Waals surface area (Å²) in [6.45, 7) is 0. The van der Waals surface area contributed by atoms with Crippen LogP contribution >= 0.6 is 11.3 Å². The predicted molar refractivity (Wildman–Crippen MR) is 104 cm³/mol. The lowest BCUT2D eigenvalue weighted by atomic mass is 10.1. The standard InChI is InChI=1S/C19H17N3O4S/c1-25-14-4-3-5-15(26-2)16(14)18(24)21-13-8-6-12(7-9-13)17(23)22-19-20-10-11-27-19/h3-11H,1-2H3,(H,21,24)(H,20,22,23).